The van der Waals surface area contributed by atoms with Gasteiger partial charge in [-0.2, -0.15) is 0 Å². The molecule has 1 aliphatic rings. The SMILES string of the molecule is Cn1c(NN)nc2c(c1=O)C(C)(C)Cc1ccccc1-2. The number of nitrogens with zero attached hydrogens (tertiary/aromatic N) is 2. The van der Waals surface area contributed by atoms with Gasteiger partial charge in [0.1, 0.15) is 0 Å². The molecule has 3 N–H and O–H groups in total. The van der Waals surface area contributed by atoms with Gasteiger partial charge < -0.3 is 0 Å². The van der Waals surface area contributed by atoms with Gasteiger partial charge in [-0.15, -0.1) is 0 Å². The van der Waals surface area contributed by atoms with E-state index in [4.69, 9.17) is 5.84 Å². The van der Waals surface area contributed by atoms with Crippen LogP contribution in [0.25, 0.3) is 11.3 Å². The number of fused-ring (bicyclic) bond motifs is 3. The highest BCUT2D eigenvalue weighted by Gasteiger charge is 2.35. The zero-order chi connectivity index (χ0) is 14.5. The summed E-state index contributed by atoms with van der Waals surface area (Å²) in [6.45, 7) is 4.17. The highest BCUT2D eigenvalue weighted by Crippen LogP contribution is 2.40. The minimum Gasteiger partial charge on any atom is -0.294 e. The maximum absolute atomic E-state index is 12.6. The van der Waals surface area contributed by atoms with Crippen molar-refractivity contribution >= 4 is 5.95 Å². The van der Waals surface area contributed by atoms with Crippen LogP contribution in [0.2, 0.25) is 0 Å². The van der Waals surface area contributed by atoms with Crippen molar-refractivity contribution in [3.05, 3.63) is 45.7 Å². The molecular formula is C15H18N4O. The molecule has 1 heterocycles. The molecule has 20 heavy (non-hydrogen) atoms. The molecule has 0 atom stereocenters. The van der Waals surface area contributed by atoms with Crippen LogP contribution in [-0.2, 0) is 18.9 Å². The molecule has 0 amide bonds. The smallest absolute Gasteiger partial charge is 0.259 e. The van der Waals surface area contributed by atoms with Gasteiger partial charge in [-0.05, 0) is 12.0 Å². The van der Waals surface area contributed by atoms with E-state index in [2.05, 4.69) is 30.3 Å². The first kappa shape index (κ1) is 12.9. The second-order valence-corrected chi connectivity index (χ2v) is 5.89. The number of nitrogen functional groups attached to an aromatic ring is 1. The predicted molar refractivity (Wildman–Crippen MR) is 79.5 cm³/mol. The average molecular weight is 270 g/mol. The predicted octanol–water partition coefficient (Wildman–Crippen LogP) is 1.57. The second kappa shape index (κ2) is 4.18. The summed E-state index contributed by atoms with van der Waals surface area (Å²) in [5.41, 5.74) is 5.97. The Hall–Kier alpha value is -2.14. The average Bonchev–Trinajstić information content (AvgIpc) is 2.41. The van der Waals surface area contributed by atoms with Gasteiger partial charge in [0.2, 0.25) is 5.95 Å². The summed E-state index contributed by atoms with van der Waals surface area (Å²) in [5, 5.41) is 0. The summed E-state index contributed by atoms with van der Waals surface area (Å²) in [6.07, 6.45) is 0.836. The van der Waals surface area contributed by atoms with Crippen molar-refractivity contribution in [3.63, 3.8) is 0 Å². The van der Waals surface area contributed by atoms with E-state index in [1.165, 1.54) is 10.1 Å². The number of aromatic nitrogens is 2. The first-order chi connectivity index (χ1) is 9.45. The van der Waals surface area contributed by atoms with Crippen LogP contribution in [0.5, 0.6) is 0 Å². The Morgan fingerprint density at radius 3 is 2.75 bits per heavy atom. The Balaban J connectivity index is 2.43. The number of nitrogens with two attached hydrogens (primary N) is 1. The van der Waals surface area contributed by atoms with E-state index < -0.39 is 0 Å². The third-order valence-electron chi connectivity index (χ3n) is 4.00. The molecule has 0 saturated heterocycles. The van der Waals surface area contributed by atoms with Gasteiger partial charge in [-0.1, -0.05) is 38.1 Å². The summed E-state index contributed by atoms with van der Waals surface area (Å²) >= 11 is 0. The Kier molecular flexibility index (Phi) is 2.69. The lowest BCUT2D eigenvalue weighted by Gasteiger charge is -2.33. The maximum Gasteiger partial charge on any atom is 0.259 e. The summed E-state index contributed by atoms with van der Waals surface area (Å²) in [7, 11) is 1.68. The van der Waals surface area contributed by atoms with Crippen molar-refractivity contribution in [3.8, 4) is 11.3 Å². The van der Waals surface area contributed by atoms with Crippen molar-refractivity contribution in [1.29, 1.82) is 0 Å². The molecular weight excluding hydrogens is 252 g/mol. The molecule has 1 aromatic carbocycles. The summed E-state index contributed by atoms with van der Waals surface area (Å²) in [5.74, 6) is 5.84. The van der Waals surface area contributed by atoms with E-state index in [1.807, 2.05) is 18.2 Å². The van der Waals surface area contributed by atoms with Crippen LogP contribution < -0.4 is 16.8 Å². The topological polar surface area (TPSA) is 72.9 Å². The van der Waals surface area contributed by atoms with Crippen LogP contribution in [0.1, 0.15) is 25.0 Å². The molecule has 0 radical (unpaired) electrons. The number of hydrogen-bond acceptors (Lipinski definition) is 4. The van der Waals surface area contributed by atoms with Crippen molar-refractivity contribution < 1.29 is 0 Å². The summed E-state index contributed by atoms with van der Waals surface area (Å²) in [4.78, 5) is 17.2. The first-order valence-electron chi connectivity index (χ1n) is 6.62. The Morgan fingerprint density at radius 2 is 2.05 bits per heavy atom. The van der Waals surface area contributed by atoms with Gasteiger partial charge in [-0.3, -0.25) is 14.8 Å². The number of hydrazine groups is 1. The van der Waals surface area contributed by atoms with Gasteiger partial charge in [-0.25, -0.2) is 10.8 Å². The standard InChI is InChI=1S/C15H18N4O/c1-15(2)8-9-6-4-5-7-10(9)12-11(15)13(20)19(3)14(17-12)18-16/h4-7H,8,16H2,1-3H3,(H,17,18). The Morgan fingerprint density at radius 1 is 1.35 bits per heavy atom. The normalized spacial score (nSPS) is 15.4. The first-order valence-corrected chi connectivity index (χ1v) is 6.62. The minimum absolute atomic E-state index is 0.0394. The molecule has 5 nitrogen and oxygen atoms in total. The highest BCUT2D eigenvalue weighted by atomic mass is 16.1. The number of hydrogen-bond donors (Lipinski definition) is 2. The monoisotopic (exact) mass is 270 g/mol. The van der Waals surface area contributed by atoms with Crippen LogP contribution in [0, 0.1) is 0 Å². The van der Waals surface area contributed by atoms with Gasteiger partial charge in [0.15, 0.2) is 0 Å². The molecule has 0 bridgehead atoms. The van der Waals surface area contributed by atoms with E-state index in [-0.39, 0.29) is 11.0 Å². The lowest BCUT2D eigenvalue weighted by molar-refractivity contribution is 0.502. The van der Waals surface area contributed by atoms with Crippen LogP contribution >= 0.6 is 0 Å². The van der Waals surface area contributed by atoms with Crippen molar-refractivity contribution in [2.45, 2.75) is 25.7 Å². The summed E-state index contributed by atoms with van der Waals surface area (Å²) in [6, 6.07) is 8.09. The molecule has 3 rings (SSSR count). The maximum atomic E-state index is 12.6. The van der Waals surface area contributed by atoms with E-state index >= 15 is 0 Å². The highest BCUT2D eigenvalue weighted by molar-refractivity contribution is 5.72. The quantitative estimate of drug-likeness (QED) is 0.609. The van der Waals surface area contributed by atoms with Gasteiger partial charge in [0.05, 0.1) is 5.69 Å². The fourth-order valence-electron chi connectivity index (χ4n) is 3.01. The van der Waals surface area contributed by atoms with Crippen LogP contribution in [0.3, 0.4) is 0 Å². The van der Waals surface area contributed by atoms with Crippen molar-refractivity contribution in [2.24, 2.45) is 12.9 Å². The van der Waals surface area contributed by atoms with E-state index in [9.17, 15) is 4.79 Å². The largest absolute Gasteiger partial charge is 0.294 e. The van der Waals surface area contributed by atoms with Gasteiger partial charge in [0, 0.05) is 23.6 Å². The molecule has 0 unspecified atom stereocenters. The van der Waals surface area contributed by atoms with Crippen LogP contribution in [0.15, 0.2) is 29.1 Å². The van der Waals surface area contributed by atoms with Crippen molar-refractivity contribution in [2.75, 3.05) is 5.43 Å². The minimum atomic E-state index is -0.237. The fraction of sp³-hybridized carbons (Fsp3) is 0.333. The molecule has 1 aromatic heterocycles. The van der Waals surface area contributed by atoms with Crippen LogP contribution in [-0.4, -0.2) is 9.55 Å². The molecule has 0 saturated carbocycles. The number of anilines is 1. The Labute approximate surface area is 117 Å². The lowest BCUT2D eigenvalue weighted by Crippen LogP contribution is -2.38. The molecule has 0 fully saturated rings. The third-order valence-corrected chi connectivity index (χ3v) is 4.00. The Bertz CT molecular complexity index is 746. The molecule has 104 valence electrons. The number of rotatable bonds is 1. The second-order valence-electron chi connectivity index (χ2n) is 5.89. The van der Waals surface area contributed by atoms with E-state index in [0.29, 0.717) is 5.95 Å². The molecule has 2 aromatic rings. The molecule has 1 aliphatic carbocycles. The third kappa shape index (κ3) is 1.67. The van der Waals surface area contributed by atoms with E-state index in [1.54, 1.807) is 7.05 Å². The van der Waals surface area contributed by atoms with E-state index in [0.717, 1.165) is 23.2 Å². The van der Waals surface area contributed by atoms with Crippen molar-refractivity contribution in [1.82, 2.24) is 9.55 Å². The number of benzene rings is 1. The van der Waals surface area contributed by atoms with Gasteiger partial charge in [0.25, 0.3) is 5.56 Å². The fourth-order valence-corrected chi connectivity index (χ4v) is 3.01. The molecule has 0 spiro atoms. The van der Waals surface area contributed by atoms with Crippen LogP contribution in [0.4, 0.5) is 5.95 Å². The number of nitrogens with one attached hydrogen (secondary N) is 1. The molecule has 5 heteroatoms. The summed E-state index contributed by atoms with van der Waals surface area (Å²) < 4.78 is 1.47. The zero-order valence-corrected chi connectivity index (χ0v) is 11.9. The molecule has 0 aliphatic heterocycles. The lowest BCUT2D eigenvalue weighted by atomic mass is 9.72. The van der Waals surface area contributed by atoms with Gasteiger partial charge >= 0.3 is 0 Å². The zero-order valence-electron chi connectivity index (χ0n) is 11.9.